The van der Waals surface area contributed by atoms with Gasteiger partial charge in [0.15, 0.2) is 0 Å². The van der Waals surface area contributed by atoms with Gasteiger partial charge in [-0.25, -0.2) is 13.2 Å². The third-order valence-electron chi connectivity index (χ3n) is 1.32. The Bertz CT molecular complexity index is 409. The van der Waals surface area contributed by atoms with Crippen molar-refractivity contribution in [2.45, 2.75) is 0 Å². The minimum Gasteiger partial charge on any atom is -0.418 e. The maximum Gasteiger partial charge on any atom is 0.423 e. The highest BCUT2D eigenvalue weighted by molar-refractivity contribution is 7.92. The number of hydrogen-bond donors (Lipinski definition) is 1. The van der Waals surface area contributed by atoms with Crippen molar-refractivity contribution in [3.8, 4) is 5.75 Å². The summed E-state index contributed by atoms with van der Waals surface area (Å²) in [6.45, 7) is 1.26. The molecule has 0 aliphatic carbocycles. The summed E-state index contributed by atoms with van der Waals surface area (Å²) in [5.74, 6) is 0.305. The summed E-state index contributed by atoms with van der Waals surface area (Å²) < 4.78 is 28.3. The molecule has 0 spiro atoms. The van der Waals surface area contributed by atoms with E-state index in [1.165, 1.54) is 30.7 Å². The number of sulfonamides is 1. The lowest BCUT2D eigenvalue weighted by atomic mass is 10.3. The maximum absolute atomic E-state index is 10.8. The Kier molecular flexibility index (Phi) is 3.08. The van der Waals surface area contributed by atoms with Crippen LogP contribution in [-0.2, 0) is 14.8 Å². The van der Waals surface area contributed by atoms with Crippen LogP contribution in [0.3, 0.4) is 0 Å². The molecule has 0 fully saturated rings. The van der Waals surface area contributed by atoms with Gasteiger partial charge < -0.3 is 4.74 Å². The number of rotatable bonds is 4. The zero-order valence-electron chi connectivity index (χ0n) is 7.35. The molecule has 6 heteroatoms. The molecule has 0 atom stereocenters. The second-order valence-corrected chi connectivity index (χ2v) is 4.33. The molecule has 1 N–H and O–H groups in total. The highest BCUT2D eigenvalue weighted by atomic mass is 32.2. The molecule has 1 aromatic rings. The number of hydrogen-bond acceptors (Lipinski definition) is 4. The summed E-state index contributed by atoms with van der Waals surface area (Å²) >= 11 is 0. The van der Waals surface area contributed by atoms with E-state index in [0.29, 0.717) is 11.4 Å². The Hall–Kier alpha value is -1.56. The Morgan fingerprint density at radius 1 is 1.29 bits per heavy atom. The molecule has 1 aromatic carbocycles. The minimum atomic E-state index is -3.27. The average molecular weight is 214 g/mol. The lowest BCUT2D eigenvalue weighted by molar-refractivity contribution is 0.443. The van der Waals surface area contributed by atoms with E-state index in [-0.39, 0.29) is 0 Å². The molecule has 0 aromatic heterocycles. The second-order valence-electron chi connectivity index (χ2n) is 2.58. The van der Waals surface area contributed by atoms with Crippen LogP contribution in [0.25, 0.3) is 0 Å². The first-order chi connectivity index (χ1) is 6.51. The normalized spacial score (nSPS) is 10.6. The van der Waals surface area contributed by atoms with Gasteiger partial charge in [0.05, 0.1) is 6.26 Å². The Labute approximate surface area is 81.7 Å². The third-order valence-corrected chi connectivity index (χ3v) is 1.92. The summed E-state index contributed by atoms with van der Waals surface area (Å²) in [7, 11) is -3.27. The molecule has 0 heterocycles. The van der Waals surface area contributed by atoms with Crippen LogP contribution >= 0.6 is 0 Å². The fourth-order valence-electron chi connectivity index (χ4n) is 0.853. The van der Waals surface area contributed by atoms with Gasteiger partial charge in [0.2, 0.25) is 10.0 Å². The number of anilines is 1. The van der Waals surface area contributed by atoms with Crippen molar-refractivity contribution in [3.63, 3.8) is 0 Å². The van der Waals surface area contributed by atoms with Crippen LogP contribution in [0.1, 0.15) is 0 Å². The van der Waals surface area contributed by atoms with E-state index in [1.54, 1.807) is 0 Å². The number of ether oxygens (including phenoxy) is 1. The van der Waals surface area contributed by atoms with Gasteiger partial charge in [-0.2, -0.15) is 0 Å². The molecular weight excluding hydrogens is 206 g/mol. The quantitative estimate of drug-likeness (QED) is 0.792. The monoisotopic (exact) mass is 214 g/mol. The van der Waals surface area contributed by atoms with Crippen LogP contribution in [0.4, 0.5) is 5.69 Å². The Morgan fingerprint density at radius 3 is 2.29 bits per heavy atom. The third kappa shape index (κ3) is 3.44. The summed E-state index contributed by atoms with van der Waals surface area (Å²) in [5, 5.41) is 0. The molecule has 0 unspecified atom stereocenters. The standard InChI is InChI=1S/C8H8NO4S/c1-14(11,12)9-7-2-4-8(5-3-7)13-6-10/h2-5,9H,1H3. The summed E-state index contributed by atoms with van der Waals surface area (Å²) in [5.41, 5.74) is 0.408. The van der Waals surface area contributed by atoms with Gasteiger partial charge in [-0.05, 0) is 24.3 Å². The van der Waals surface area contributed by atoms with Gasteiger partial charge >= 0.3 is 6.47 Å². The van der Waals surface area contributed by atoms with Gasteiger partial charge in [-0.1, -0.05) is 0 Å². The molecule has 0 saturated carbocycles. The highest BCUT2D eigenvalue weighted by Crippen LogP contribution is 2.15. The smallest absolute Gasteiger partial charge is 0.418 e. The first kappa shape index (κ1) is 10.5. The van der Waals surface area contributed by atoms with Crippen molar-refractivity contribution < 1.29 is 17.9 Å². The van der Waals surface area contributed by atoms with Gasteiger partial charge in [0.25, 0.3) is 0 Å². The molecule has 0 bridgehead atoms. The van der Waals surface area contributed by atoms with E-state index in [1.807, 2.05) is 0 Å². The van der Waals surface area contributed by atoms with Crippen LogP contribution in [0.15, 0.2) is 24.3 Å². The number of carbonyl (C=O) groups excluding carboxylic acids is 1. The first-order valence-corrected chi connectivity index (χ1v) is 5.52. The van der Waals surface area contributed by atoms with Crippen LogP contribution in [-0.4, -0.2) is 21.1 Å². The average Bonchev–Trinajstić information content (AvgIpc) is 2.06. The molecule has 1 rings (SSSR count). The van der Waals surface area contributed by atoms with E-state index in [0.717, 1.165) is 6.26 Å². The molecule has 0 saturated heterocycles. The van der Waals surface area contributed by atoms with E-state index in [2.05, 4.69) is 9.46 Å². The molecule has 0 aliphatic heterocycles. The van der Waals surface area contributed by atoms with E-state index < -0.39 is 10.0 Å². The highest BCUT2D eigenvalue weighted by Gasteiger charge is 2.01. The lowest BCUT2D eigenvalue weighted by Gasteiger charge is -2.03. The zero-order chi connectivity index (χ0) is 10.6. The Balaban J connectivity index is 2.78. The van der Waals surface area contributed by atoms with Gasteiger partial charge in [-0.3, -0.25) is 4.72 Å². The molecule has 0 aliphatic rings. The predicted octanol–water partition coefficient (Wildman–Crippen LogP) is 0.504. The molecule has 1 radical (unpaired) electrons. The zero-order valence-corrected chi connectivity index (χ0v) is 8.17. The van der Waals surface area contributed by atoms with Gasteiger partial charge in [0, 0.05) is 5.69 Å². The summed E-state index contributed by atoms with van der Waals surface area (Å²) in [6.07, 6.45) is 1.05. The van der Waals surface area contributed by atoms with E-state index >= 15 is 0 Å². The molecule has 75 valence electrons. The van der Waals surface area contributed by atoms with Crippen molar-refractivity contribution in [1.29, 1.82) is 0 Å². The van der Waals surface area contributed by atoms with Crippen molar-refractivity contribution in [2.75, 3.05) is 11.0 Å². The molecule has 14 heavy (non-hydrogen) atoms. The number of benzene rings is 1. The van der Waals surface area contributed by atoms with Gasteiger partial charge in [-0.15, -0.1) is 0 Å². The predicted molar refractivity (Wildman–Crippen MR) is 51.2 cm³/mol. The van der Waals surface area contributed by atoms with Crippen molar-refractivity contribution >= 4 is 22.2 Å². The fourth-order valence-corrected chi connectivity index (χ4v) is 1.42. The SMILES string of the molecule is CS(=O)(=O)Nc1ccc(O[C]=O)cc1. The lowest BCUT2D eigenvalue weighted by Crippen LogP contribution is -2.09. The minimum absolute atomic E-state index is 0.305. The molecule has 5 nitrogen and oxygen atoms in total. The summed E-state index contributed by atoms with van der Waals surface area (Å²) in [6, 6.07) is 5.87. The van der Waals surface area contributed by atoms with Gasteiger partial charge in [0.1, 0.15) is 5.75 Å². The van der Waals surface area contributed by atoms with Crippen LogP contribution < -0.4 is 9.46 Å². The largest absolute Gasteiger partial charge is 0.423 e. The Morgan fingerprint density at radius 2 is 1.86 bits per heavy atom. The van der Waals surface area contributed by atoms with Crippen LogP contribution in [0, 0.1) is 0 Å². The van der Waals surface area contributed by atoms with Crippen LogP contribution in [0.5, 0.6) is 5.75 Å². The van der Waals surface area contributed by atoms with Crippen molar-refractivity contribution in [2.24, 2.45) is 0 Å². The molecular formula is C8H8NO4S. The van der Waals surface area contributed by atoms with Crippen molar-refractivity contribution in [3.05, 3.63) is 24.3 Å². The van der Waals surface area contributed by atoms with E-state index in [4.69, 9.17) is 0 Å². The second kappa shape index (κ2) is 4.10. The first-order valence-electron chi connectivity index (χ1n) is 3.63. The summed E-state index contributed by atoms with van der Waals surface area (Å²) in [4.78, 5) is 9.83. The van der Waals surface area contributed by atoms with Crippen molar-refractivity contribution in [1.82, 2.24) is 0 Å². The molecule has 0 amide bonds. The maximum atomic E-state index is 10.8. The topological polar surface area (TPSA) is 72.5 Å². The number of nitrogens with one attached hydrogen (secondary N) is 1. The fraction of sp³-hybridized carbons (Fsp3) is 0.125. The van der Waals surface area contributed by atoms with Crippen LogP contribution in [0.2, 0.25) is 0 Å². The van der Waals surface area contributed by atoms with E-state index in [9.17, 15) is 13.2 Å².